The van der Waals surface area contributed by atoms with Crippen LogP contribution in [0.1, 0.15) is 12.5 Å². The summed E-state index contributed by atoms with van der Waals surface area (Å²) in [6.07, 6.45) is 0. The number of hydrogen-bond donors (Lipinski definition) is 2. The predicted molar refractivity (Wildman–Crippen MR) is 86.8 cm³/mol. The minimum absolute atomic E-state index is 0.285. The summed E-state index contributed by atoms with van der Waals surface area (Å²) in [6.45, 7) is 4.49. The van der Waals surface area contributed by atoms with Crippen molar-refractivity contribution in [3.63, 3.8) is 0 Å². The van der Waals surface area contributed by atoms with Crippen LogP contribution in [-0.2, 0) is 0 Å². The number of urea groups is 1. The van der Waals surface area contributed by atoms with Crippen molar-refractivity contribution in [2.45, 2.75) is 18.7 Å². The highest BCUT2D eigenvalue weighted by atomic mass is 32.2. The quantitative estimate of drug-likeness (QED) is 0.813. The van der Waals surface area contributed by atoms with Crippen molar-refractivity contribution in [1.82, 2.24) is 4.72 Å². The maximum atomic E-state index is 11.9. The van der Waals surface area contributed by atoms with Gasteiger partial charge in [0, 0.05) is 4.90 Å². The Balaban J connectivity index is 1.91. The van der Waals surface area contributed by atoms with Gasteiger partial charge in [-0.2, -0.15) is 0 Å². The number of ether oxygens (including phenoxy) is 1. The van der Waals surface area contributed by atoms with E-state index >= 15 is 0 Å². The van der Waals surface area contributed by atoms with E-state index in [4.69, 9.17) is 4.74 Å². The van der Waals surface area contributed by atoms with Gasteiger partial charge in [-0.1, -0.05) is 29.8 Å². The van der Waals surface area contributed by atoms with Gasteiger partial charge >= 0.3 is 6.03 Å². The lowest BCUT2D eigenvalue weighted by molar-refractivity contribution is 0.257. The van der Waals surface area contributed by atoms with Crippen LogP contribution < -0.4 is 14.8 Å². The van der Waals surface area contributed by atoms with E-state index in [0.717, 1.165) is 4.90 Å². The van der Waals surface area contributed by atoms with Crippen molar-refractivity contribution < 1.29 is 9.53 Å². The molecule has 0 atom stereocenters. The number of hydrogen-bond acceptors (Lipinski definition) is 3. The molecule has 0 aromatic heterocycles. The lowest BCUT2D eigenvalue weighted by Gasteiger charge is -2.11. The van der Waals surface area contributed by atoms with Crippen LogP contribution in [0.4, 0.5) is 10.5 Å². The molecule has 2 aromatic carbocycles. The normalized spacial score (nSPS) is 10.0. The molecule has 2 rings (SSSR count). The molecule has 0 heterocycles. The summed E-state index contributed by atoms with van der Waals surface area (Å²) in [4.78, 5) is 12.9. The van der Waals surface area contributed by atoms with Gasteiger partial charge in [-0.05, 0) is 50.1 Å². The van der Waals surface area contributed by atoms with Crippen LogP contribution >= 0.6 is 11.9 Å². The molecule has 0 bridgehead atoms. The second kappa shape index (κ2) is 7.59. The number of amides is 2. The summed E-state index contributed by atoms with van der Waals surface area (Å²) in [5.74, 6) is 0.662. The third-order valence-corrected chi connectivity index (χ3v) is 3.51. The monoisotopic (exact) mass is 302 g/mol. The molecule has 0 saturated heterocycles. The minimum Gasteiger partial charge on any atom is -0.492 e. The number of rotatable bonds is 5. The van der Waals surface area contributed by atoms with E-state index in [0.29, 0.717) is 18.0 Å². The highest BCUT2D eigenvalue weighted by molar-refractivity contribution is 7.98. The molecule has 0 spiro atoms. The van der Waals surface area contributed by atoms with Gasteiger partial charge in [-0.15, -0.1) is 0 Å². The third kappa shape index (κ3) is 4.72. The first-order valence-corrected chi connectivity index (χ1v) is 7.53. The van der Waals surface area contributed by atoms with E-state index < -0.39 is 0 Å². The smallest absolute Gasteiger partial charge is 0.329 e. The second-order valence-electron chi connectivity index (χ2n) is 4.40. The molecule has 2 N–H and O–H groups in total. The fraction of sp³-hybridized carbons (Fsp3) is 0.188. The van der Waals surface area contributed by atoms with Crippen LogP contribution in [-0.4, -0.2) is 12.6 Å². The minimum atomic E-state index is -0.285. The van der Waals surface area contributed by atoms with Crippen LogP contribution in [0, 0.1) is 6.92 Å². The zero-order chi connectivity index (χ0) is 15.1. The van der Waals surface area contributed by atoms with E-state index in [1.807, 2.05) is 56.3 Å². The van der Waals surface area contributed by atoms with Crippen LogP contribution in [0.2, 0.25) is 0 Å². The maximum absolute atomic E-state index is 11.9. The molecule has 0 aliphatic rings. The van der Waals surface area contributed by atoms with Gasteiger partial charge in [-0.3, -0.25) is 4.72 Å². The summed E-state index contributed by atoms with van der Waals surface area (Å²) in [7, 11) is 0. The molecule has 2 aromatic rings. The van der Waals surface area contributed by atoms with Crippen molar-refractivity contribution in [2.75, 3.05) is 11.9 Å². The Morgan fingerprint density at radius 3 is 2.57 bits per heavy atom. The number of benzene rings is 2. The molecule has 0 aliphatic heterocycles. The first-order chi connectivity index (χ1) is 10.2. The Morgan fingerprint density at radius 2 is 1.86 bits per heavy atom. The Hall–Kier alpha value is -2.14. The van der Waals surface area contributed by atoms with E-state index in [9.17, 15) is 4.79 Å². The summed E-state index contributed by atoms with van der Waals surface area (Å²) in [5, 5.41) is 2.78. The van der Waals surface area contributed by atoms with E-state index in [1.165, 1.54) is 17.5 Å². The number of carbonyl (C=O) groups excluding carboxylic acids is 1. The molecule has 21 heavy (non-hydrogen) atoms. The second-order valence-corrected chi connectivity index (χ2v) is 5.28. The Morgan fingerprint density at radius 1 is 1.14 bits per heavy atom. The van der Waals surface area contributed by atoms with Gasteiger partial charge in [0.25, 0.3) is 0 Å². The van der Waals surface area contributed by atoms with Crippen LogP contribution in [0.15, 0.2) is 53.4 Å². The van der Waals surface area contributed by atoms with E-state index in [1.54, 1.807) is 6.07 Å². The molecule has 4 nitrogen and oxygen atoms in total. The van der Waals surface area contributed by atoms with Crippen molar-refractivity contribution in [1.29, 1.82) is 0 Å². The van der Waals surface area contributed by atoms with Gasteiger partial charge in [0.05, 0.1) is 12.3 Å². The summed E-state index contributed by atoms with van der Waals surface area (Å²) in [6, 6.07) is 15.0. The lowest BCUT2D eigenvalue weighted by Crippen LogP contribution is -2.23. The highest BCUT2D eigenvalue weighted by Gasteiger charge is 2.07. The zero-order valence-electron chi connectivity index (χ0n) is 12.1. The van der Waals surface area contributed by atoms with E-state index in [2.05, 4.69) is 10.0 Å². The largest absolute Gasteiger partial charge is 0.492 e. The molecule has 0 unspecified atom stereocenters. The molecule has 0 aliphatic carbocycles. The van der Waals surface area contributed by atoms with Crippen molar-refractivity contribution in [3.05, 3.63) is 54.1 Å². The molecule has 0 fully saturated rings. The lowest BCUT2D eigenvalue weighted by atomic mass is 10.2. The average Bonchev–Trinajstić information content (AvgIpc) is 2.49. The van der Waals surface area contributed by atoms with E-state index in [-0.39, 0.29) is 6.03 Å². The number of aryl methyl sites for hydroxylation is 1. The molecule has 0 radical (unpaired) electrons. The van der Waals surface area contributed by atoms with Crippen LogP contribution in [0.25, 0.3) is 0 Å². The van der Waals surface area contributed by atoms with Gasteiger partial charge in [0.1, 0.15) is 5.75 Å². The summed E-state index contributed by atoms with van der Waals surface area (Å²) < 4.78 is 8.21. The Bertz CT molecular complexity index is 599. The molecular formula is C16H18N2O2S. The van der Waals surface area contributed by atoms with Crippen molar-refractivity contribution in [2.24, 2.45) is 0 Å². The standard InChI is InChI=1S/C16H18N2O2S/c1-3-20-15-7-5-4-6-14(15)17-16(19)18-21-13-10-8-12(2)9-11-13/h4-11H,3H2,1-2H3,(H2,17,18,19). The van der Waals surface area contributed by atoms with Crippen molar-refractivity contribution in [3.8, 4) is 5.75 Å². The third-order valence-electron chi connectivity index (χ3n) is 2.72. The molecule has 110 valence electrons. The number of anilines is 1. The first kappa shape index (κ1) is 15.3. The van der Waals surface area contributed by atoms with Crippen LogP contribution in [0.3, 0.4) is 0 Å². The SMILES string of the molecule is CCOc1ccccc1NC(=O)NSc1ccc(C)cc1. The fourth-order valence-electron chi connectivity index (χ4n) is 1.71. The maximum Gasteiger partial charge on any atom is 0.329 e. The molecule has 2 amide bonds. The summed E-state index contributed by atoms with van der Waals surface area (Å²) in [5.41, 5.74) is 1.84. The molecule has 0 saturated carbocycles. The number of para-hydroxylation sites is 2. The Kier molecular flexibility index (Phi) is 5.51. The molecule has 5 heteroatoms. The van der Waals surface area contributed by atoms with Gasteiger partial charge in [0.2, 0.25) is 0 Å². The predicted octanol–water partition coefficient (Wildman–Crippen LogP) is 4.22. The van der Waals surface area contributed by atoms with Gasteiger partial charge in [-0.25, -0.2) is 4.79 Å². The Labute approximate surface area is 129 Å². The number of nitrogens with one attached hydrogen (secondary N) is 2. The van der Waals surface area contributed by atoms with Crippen molar-refractivity contribution >= 4 is 23.7 Å². The average molecular weight is 302 g/mol. The number of carbonyl (C=O) groups is 1. The summed E-state index contributed by atoms with van der Waals surface area (Å²) >= 11 is 1.27. The van der Waals surface area contributed by atoms with Gasteiger partial charge < -0.3 is 10.1 Å². The molecular weight excluding hydrogens is 284 g/mol. The topological polar surface area (TPSA) is 50.4 Å². The zero-order valence-corrected chi connectivity index (χ0v) is 12.9. The van der Waals surface area contributed by atoms with Crippen LogP contribution in [0.5, 0.6) is 5.75 Å². The first-order valence-electron chi connectivity index (χ1n) is 6.71. The fourth-order valence-corrected chi connectivity index (χ4v) is 2.24. The van der Waals surface area contributed by atoms with Gasteiger partial charge in [0.15, 0.2) is 0 Å². The highest BCUT2D eigenvalue weighted by Crippen LogP contribution is 2.24.